The largest absolute Gasteiger partial charge is 0.317 e. The van der Waals surface area contributed by atoms with Crippen LogP contribution in [-0.4, -0.2) is 29.0 Å². The van der Waals surface area contributed by atoms with Gasteiger partial charge >= 0.3 is 0 Å². The van der Waals surface area contributed by atoms with Gasteiger partial charge in [-0.3, -0.25) is 9.88 Å². The van der Waals surface area contributed by atoms with Gasteiger partial charge in [-0.05, 0) is 62.2 Å². The van der Waals surface area contributed by atoms with Crippen molar-refractivity contribution in [3.63, 3.8) is 0 Å². The summed E-state index contributed by atoms with van der Waals surface area (Å²) in [5, 5.41) is 3.42. The zero-order valence-corrected chi connectivity index (χ0v) is 13.7. The van der Waals surface area contributed by atoms with Gasteiger partial charge in [-0.2, -0.15) is 0 Å². The van der Waals surface area contributed by atoms with Crippen LogP contribution in [0.4, 0.5) is 8.78 Å². The SMILES string of the molecule is Fc1cc(F)cc(CN(Cc2ccccn2)[C@H]2CCCNCC2)c1. The molecule has 3 nitrogen and oxygen atoms in total. The zero-order chi connectivity index (χ0) is 16.8. The van der Waals surface area contributed by atoms with Crippen LogP contribution in [-0.2, 0) is 13.1 Å². The number of pyridine rings is 1. The van der Waals surface area contributed by atoms with E-state index in [2.05, 4.69) is 15.2 Å². The number of rotatable bonds is 5. The summed E-state index contributed by atoms with van der Waals surface area (Å²) in [6.45, 7) is 3.21. The maximum Gasteiger partial charge on any atom is 0.126 e. The summed E-state index contributed by atoms with van der Waals surface area (Å²) in [6, 6.07) is 10.00. The van der Waals surface area contributed by atoms with Crippen LogP contribution in [0.25, 0.3) is 0 Å². The van der Waals surface area contributed by atoms with E-state index in [0.717, 1.165) is 44.1 Å². The molecule has 3 rings (SSSR count). The molecule has 0 spiro atoms. The van der Waals surface area contributed by atoms with Crippen molar-refractivity contribution in [2.45, 2.75) is 38.4 Å². The van der Waals surface area contributed by atoms with E-state index in [-0.39, 0.29) is 0 Å². The second kappa shape index (κ2) is 8.31. The minimum Gasteiger partial charge on any atom is -0.317 e. The first-order valence-corrected chi connectivity index (χ1v) is 8.50. The summed E-state index contributed by atoms with van der Waals surface area (Å²) >= 11 is 0. The van der Waals surface area contributed by atoms with Crippen molar-refractivity contribution >= 4 is 0 Å². The van der Waals surface area contributed by atoms with Crippen molar-refractivity contribution < 1.29 is 8.78 Å². The Morgan fingerprint density at radius 2 is 1.88 bits per heavy atom. The molecular weight excluding hydrogens is 308 g/mol. The van der Waals surface area contributed by atoms with Gasteiger partial charge in [0, 0.05) is 31.4 Å². The Morgan fingerprint density at radius 3 is 2.62 bits per heavy atom. The van der Waals surface area contributed by atoms with Gasteiger partial charge in [-0.1, -0.05) is 6.07 Å². The molecule has 0 unspecified atom stereocenters. The lowest BCUT2D eigenvalue weighted by Crippen LogP contribution is -2.35. The average molecular weight is 331 g/mol. The molecule has 1 aromatic carbocycles. The molecule has 0 bridgehead atoms. The standard InChI is InChI=1S/C19H23F2N3/c20-16-10-15(11-17(21)12-16)13-24(14-18-4-1-2-8-23-18)19-5-3-7-22-9-6-19/h1-2,4,8,10-12,19,22H,3,5-7,9,13-14H2/t19-/m0/s1. The highest BCUT2D eigenvalue weighted by Crippen LogP contribution is 2.20. The number of nitrogens with one attached hydrogen (secondary N) is 1. The molecule has 1 saturated heterocycles. The quantitative estimate of drug-likeness (QED) is 0.909. The summed E-state index contributed by atoms with van der Waals surface area (Å²) in [5.74, 6) is -1.05. The molecule has 24 heavy (non-hydrogen) atoms. The lowest BCUT2D eigenvalue weighted by molar-refractivity contribution is 0.162. The Morgan fingerprint density at radius 1 is 1.04 bits per heavy atom. The third-order valence-corrected chi connectivity index (χ3v) is 4.46. The van der Waals surface area contributed by atoms with Crippen LogP contribution in [0.3, 0.4) is 0 Å². The smallest absolute Gasteiger partial charge is 0.126 e. The van der Waals surface area contributed by atoms with Gasteiger partial charge < -0.3 is 5.32 Å². The lowest BCUT2D eigenvalue weighted by Gasteiger charge is -2.31. The monoisotopic (exact) mass is 331 g/mol. The first-order valence-electron chi connectivity index (χ1n) is 8.50. The summed E-state index contributed by atoms with van der Waals surface area (Å²) < 4.78 is 27.1. The van der Waals surface area contributed by atoms with Crippen LogP contribution < -0.4 is 5.32 Å². The van der Waals surface area contributed by atoms with E-state index in [9.17, 15) is 8.78 Å². The van der Waals surface area contributed by atoms with Crippen molar-refractivity contribution in [2.24, 2.45) is 0 Å². The van der Waals surface area contributed by atoms with Gasteiger partial charge in [0.05, 0.1) is 5.69 Å². The predicted molar refractivity (Wildman–Crippen MR) is 90.4 cm³/mol. The fraction of sp³-hybridized carbons (Fsp3) is 0.421. The molecule has 0 amide bonds. The van der Waals surface area contributed by atoms with Crippen molar-refractivity contribution in [3.05, 3.63) is 65.5 Å². The maximum atomic E-state index is 13.5. The molecule has 1 aliphatic heterocycles. The Labute approximate surface area is 141 Å². The summed E-state index contributed by atoms with van der Waals surface area (Å²) in [6.07, 6.45) is 5.01. The van der Waals surface area contributed by atoms with Crippen LogP contribution in [0.15, 0.2) is 42.6 Å². The zero-order valence-electron chi connectivity index (χ0n) is 13.7. The van der Waals surface area contributed by atoms with Gasteiger partial charge in [0.15, 0.2) is 0 Å². The number of aromatic nitrogens is 1. The Balaban J connectivity index is 1.80. The van der Waals surface area contributed by atoms with E-state index in [1.165, 1.54) is 12.1 Å². The van der Waals surface area contributed by atoms with E-state index < -0.39 is 11.6 Å². The molecular formula is C19H23F2N3. The fourth-order valence-electron chi connectivity index (χ4n) is 3.32. The number of hydrogen-bond acceptors (Lipinski definition) is 3. The number of hydrogen-bond donors (Lipinski definition) is 1. The van der Waals surface area contributed by atoms with Crippen LogP contribution >= 0.6 is 0 Å². The summed E-state index contributed by atoms with van der Waals surface area (Å²) in [5.41, 5.74) is 1.65. The molecule has 1 N–H and O–H groups in total. The first-order chi connectivity index (χ1) is 11.7. The highest BCUT2D eigenvalue weighted by molar-refractivity contribution is 5.18. The van der Waals surface area contributed by atoms with Gasteiger partial charge in [0.1, 0.15) is 11.6 Å². The maximum absolute atomic E-state index is 13.5. The van der Waals surface area contributed by atoms with Crippen molar-refractivity contribution in [2.75, 3.05) is 13.1 Å². The Hall–Kier alpha value is -1.85. The Kier molecular flexibility index (Phi) is 5.88. The highest BCUT2D eigenvalue weighted by Gasteiger charge is 2.21. The van der Waals surface area contributed by atoms with Crippen molar-refractivity contribution in [1.82, 2.24) is 15.2 Å². The second-order valence-corrected chi connectivity index (χ2v) is 6.34. The molecule has 0 saturated carbocycles. The van der Waals surface area contributed by atoms with E-state index in [4.69, 9.17) is 0 Å². The van der Waals surface area contributed by atoms with Crippen molar-refractivity contribution in [3.8, 4) is 0 Å². The van der Waals surface area contributed by atoms with Gasteiger partial charge in [-0.15, -0.1) is 0 Å². The number of nitrogens with zero attached hydrogens (tertiary/aromatic N) is 2. The van der Waals surface area contributed by atoms with E-state index in [1.54, 1.807) is 6.20 Å². The fourth-order valence-corrected chi connectivity index (χ4v) is 3.32. The molecule has 5 heteroatoms. The third kappa shape index (κ3) is 4.82. The molecule has 1 atom stereocenters. The summed E-state index contributed by atoms with van der Waals surface area (Å²) in [7, 11) is 0. The highest BCUT2D eigenvalue weighted by atomic mass is 19.1. The third-order valence-electron chi connectivity index (χ3n) is 4.46. The molecule has 0 aliphatic carbocycles. The molecule has 0 radical (unpaired) electrons. The van der Waals surface area contributed by atoms with Gasteiger partial charge in [0.25, 0.3) is 0 Å². The van der Waals surface area contributed by atoms with Crippen LogP contribution in [0.1, 0.15) is 30.5 Å². The van der Waals surface area contributed by atoms with Crippen LogP contribution in [0.5, 0.6) is 0 Å². The van der Waals surface area contributed by atoms with E-state index in [0.29, 0.717) is 24.7 Å². The molecule has 2 aromatic rings. The molecule has 1 fully saturated rings. The Bertz CT molecular complexity index is 620. The molecule has 1 aliphatic rings. The topological polar surface area (TPSA) is 28.2 Å². The van der Waals surface area contributed by atoms with Gasteiger partial charge in [-0.25, -0.2) is 8.78 Å². The predicted octanol–water partition coefficient (Wildman–Crippen LogP) is 3.50. The minimum atomic E-state index is -0.523. The lowest BCUT2D eigenvalue weighted by atomic mass is 10.1. The van der Waals surface area contributed by atoms with Crippen LogP contribution in [0, 0.1) is 11.6 Å². The minimum absolute atomic E-state index is 0.383. The van der Waals surface area contributed by atoms with Gasteiger partial charge in [0.2, 0.25) is 0 Å². The number of halogens is 2. The molecule has 128 valence electrons. The van der Waals surface area contributed by atoms with E-state index >= 15 is 0 Å². The molecule has 2 heterocycles. The van der Waals surface area contributed by atoms with E-state index in [1.807, 2.05) is 18.2 Å². The second-order valence-electron chi connectivity index (χ2n) is 6.34. The van der Waals surface area contributed by atoms with Crippen LogP contribution in [0.2, 0.25) is 0 Å². The first kappa shape index (κ1) is 17.0. The van der Waals surface area contributed by atoms with Crippen molar-refractivity contribution in [1.29, 1.82) is 0 Å². The number of benzene rings is 1. The normalized spacial score (nSPS) is 18.5. The summed E-state index contributed by atoms with van der Waals surface area (Å²) in [4.78, 5) is 6.70. The molecule has 1 aromatic heterocycles. The average Bonchev–Trinajstić information content (AvgIpc) is 2.83.